The van der Waals surface area contributed by atoms with Crippen LogP contribution in [0.25, 0.3) is 0 Å². The Hall–Kier alpha value is -3.03. The van der Waals surface area contributed by atoms with Crippen LogP contribution in [-0.4, -0.2) is 47.8 Å². The van der Waals surface area contributed by atoms with Crippen molar-refractivity contribution in [1.82, 2.24) is 20.9 Å². The lowest BCUT2D eigenvalue weighted by molar-refractivity contribution is -0.136. The van der Waals surface area contributed by atoms with Crippen LogP contribution >= 0.6 is 0 Å². The van der Waals surface area contributed by atoms with E-state index >= 15 is 0 Å². The van der Waals surface area contributed by atoms with Gasteiger partial charge in [-0.15, -0.1) is 0 Å². The molecule has 3 amide bonds. The molecule has 0 spiro atoms. The van der Waals surface area contributed by atoms with E-state index in [9.17, 15) is 14.4 Å². The largest absolute Gasteiger partial charge is 0.322 e. The molecule has 3 aliphatic rings. The van der Waals surface area contributed by atoms with Gasteiger partial charge in [0, 0.05) is 43.6 Å². The molecule has 0 aliphatic carbocycles. The van der Waals surface area contributed by atoms with E-state index in [1.165, 1.54) is 5.56 Å². The summed E-state index contributed by atoms with van der Waals surface area (Å²) < 4.78 is 0. The van der Waals surface area contributed by atoms with Crippen molar-refractivity contribution in [2.45, 2.75) is 50.4 Å². The molecule has 2 fully saturated rings. The number of fused-ring (bicyclic) bond motifs is 1. The minimum Gasteiger partial charge on any atom is -0.322 e. The number of nitrogens with one attached hydrogen (secondary N) is 3. The molecule has 0 saturated carbocycles. The molecule has 3 unspecified atom stereocenters. The van der Waals surface area contributed by atoms with E-state index in [2.05, 4.69) is 52.3 Å². The summed E-state index contributed by atoms with van der Waals surface area (Å²) in [5.74, 6) is -0.304. The molecule has 2 aromatic carbocycles. The molecule has 3 heterocycles. The highest BCUT2D eigenvalue weighted by Crippen LogP contribution is 2.29. The highest BCUT2D eigenvalue weighted by molar-refractivity contribution is 6.05. The third kappa shape index (κ3) is 4.06. The van der Waals surface area contributed by atoms with Crippen LogP contribution in [0.3, 0.4) is 0 Å². The molecule has 32 heavy (non-hydrogen) atoms. The molecule has 3 N–H and O–H groups in total. The number of imide groups is 1. The lowest BCUT2D eigenvalue weighted by Gasteiger charge is -2.33. The molecular formula is C25H28N4O3. The van der Waals surface area contributed by atoms with Crippen molar-refractivity contribution in [2.75, 3.05) is 13.1 Å². The Labute approximate surface area is 187 Å². The lowest BCUT2D eigenvalue weighted by Crippen LogP contribution is -2.52. The van der Waals surface area contributed by atoms with Gasteiger partial charge in [-0.25, -0.2) is 0 Å². The number of rotatable bonds is 5. The first-order valence-corrected chi connectivity index (χ1v) is 11.4. The number of hydrogen-bond donors (Lipinski definition) is 3. The smallest absolute Gasteiger partial charge is 0.255 e. The van der Waals surface area contributed by atoms with E-state index in [-0.39, 0.29) is 24.1 Å². The van der Waals surface area contributed by atoms with Gasteiger partial charge in [0.2, 0.25) is 11.8 Å². The number of amides is 3. The first-order chi connectivity index (χ1) is 15.6. The van der Waals surface area contributed by atoms with Gasteiger partial charge in [-0.2, -0.15) is 0 Å². The Morgan fingerprint density at radius 3 is 2.69 bits per heavy atom. The zero-order valence-corrected chi connectivity index (χ0v) is 18.0. The second kappa shape index (κ2) is 8.84. The van der Waals surface area contributed by atoms with E-state index in [0.717, 1.165) is 37.2 Å². The Balaban J connectivity index is 1.26. The van der Waals surface area contributed by atoms with Crippen LogP contribution in [0.4, 0.5) is 0 Å². The molecule has 0 radical (unpaired) electrons. The van der Waals surface area contributed by atoms with Gasteiger partial charge in [-0.3, -0.25) is 19.7 Å². The maximum absolute atomic E-state index is 12.9. The van der Waals surface area contributed by atoms with Crippen LogP contribution in [0.1, 0.15) is 52.2 Å². The number of carbonyl (C=O) groups excluding carboxylic acids is 3. The van der Waals surface area contributed by atoms with Crippen molar-refractivity contribution >= 4 is 17.7 Å². The number of hydrogen-bond acceptors (Lipinski definition) is 5. The average Bonchev–Trinajstić information content (AvgIpc) is 3.14. The molecule has 0 aromatic heterocycles. The molecule has 7 heteroatoms. The molecule has 0 bridgehead atoms. The van der Waals surface area contributed by atoms with Gasteiger partial charge in [0.15, 0.2) is 0 Å². The lowest BCUT2D eigenvalue weighted by atomic mass is 9.86. The van der Waals surface area contributed by atoms with Crippen LogP contribution < -0.4 is 16.0 Å². The van der Waals surface area contributed by atoms with E-state index in [1.54, 1.807) is 4.90 Å². The van der Waals surface area contributed by atoms with Gasteiger partial charge in [0.05, 0.1) is 0 Å². The summed E-state index contributed by atoms with van der Waals surface area (Å²) in [6.07, 6.45) is 1.75. The predicted octanol–water partition coefficient (Wildman–Crippen LogP) is 1.68. The van der Waals surface area contributed by atoms with E-state index in [4.69, 9.17) is 0 Å². The van der Waals surface area contributed by atoms with Gasteiger partial charge in [0.25, 0.3) is 5.91 Å². The Morgan fingerprint density at radius 2 is 1.88 bits per heavy atom. The summed E-state index contributed by atoms with van der Waals surface area (Å²) in [6.45, 7) is 3.07. The van der Waals surface area contributed by atoms with Crippen LogP contribution in [0, 0.1) is 0 Å². The highest BCUT2D eigenvalue weighted by Gasteiger charge is 2.39. The fraction of sp³-hybridized carbons (Fsp3) is 0.400. The molecule has 5 rings (SSSR count). The SMILES string of the molecule is O=C1CCC(N2Cc3cc(CNC4CNCCC4c4ccccc4)ccc3C2=O)C(=O)N1. The molecule has 2 saturated heterocycles. The highest BCUT2D eigenvalue weighted by atomic mass is 16.2. The molecule has 3 atom stereocenters. The summed E-state index contributed by atoms with van der Waals surface area (Å²) >= 11 is 0. The van der Waals surface area contributed by atoms with Crippen molar-refractivity contribution in [2.24, 2.45) is 0 Å². The summed E-state index contributed by atoms with van der Waals surface area (Å²) in [6, 6.07) is 16.3. The quantitative estimate of drug-likeness (QED) is 0.626. The van der Waals surface area contributed by atoms with E-state index in [0.29, 0.717) is 30.5 Å². The molecule has 166 valence electrons. The number of nitrogens with zero attached hydrogens (tertiary/aromatic N) is 1. The second-order valence-electron chi connectivity index (χ2n) is 8.89. The molecule has 7 nitrogen and oxygen atoms in total. The monoisotopic (exact) mass is 432 g/mol. The fourth-order valence-electron chi connectivity index (χ4n) is 5.16. The van der Waals surface area contributed by atoms with Crippen molar-refractivity contribution in [3.05, 3.63) is 70.8 Å². The maximum Gasteiger partial charge on any atom is 0.255 e. The topological polar surface area (TPSA) is 90.5 Å². The average molecular weight is 433 g/mol. The van der Waals surface area contributed by atoms with Gasteiger partial charge in [-0.1, -0.05) is 42.5 Å². The fourth-order valence-corrected chi connectivity index (χ4v) is 5.16. The third-order valence-electron chi connectivity index (χ3n) is 6.87. The van der Waals surface area contributed by atoms with Crippen LogP contribution in [-0.2, 0) is 22.7 Å². The summed E-state index contributed by atoms with van der Waals surface area (Å²) in [4.78, 5) is 38.2. The van der Waals surface area contributed by atoms with Gasteiger partial charge in [-0.05, 0) is 42.1 Å². The second-order valence-corrected chi connectivity index (χ2v) is 8.89. The summed E-state index contributed by atoms with van der Waals surface area (Å²) in [5.41, 5.74) is 4.09. The summed E-state index contributed by atoms with van der Waals surface area (Å²) in [5, 5.41) is 9.56. The van der Waals surface area contributed by atoms with Crippen molar-refractivity contribution in [3.63, 3.8) is 0 Å². The van der Waals surface area contributed by atoms with Crippen LogP contribution in [0.2, 0.25) is 0 Å². The maximum atomic E-state index is 12.9. The van der Waals surface area contributed by atoms with E-state index in [1.807, 2.05) is 12.1 Å². The standard InChI is InChI=1S/C25H28N4O3/c30-23-9-8-22(24(31)28-23)29-15-18-12-16(6-7-20(18)25(29)32)13-27-21-14-26-11-10-19(21)17-4-2-1-3-5-17/h1-7,12,19,21-22,26-27H,8-11,13-15H2,(H,28,30,31). The van der Waals surface area contributed by atoms with Gasteiger partial charge < -0.3 is 15.5 Å². The van der Waals surface area contributed by atoms with Crippen LogP contribution in [0.15, 0.2) is 48.5 Å². The number of benzene rings is 2. The number of carbonyl (C=O) groups is 3. The van der Waals surface area contributed by atoms with Gasteiger partial charge >= 0.3 is 0 Å². The molecule has 2 aromatic rings. The zero-order chi connectivity index (χ0) is 22.1. The Kier molecular flexibility index (Phi) is 5.76. The van der Waals surface area contributed by atoms with Crippen molar-refractivity contribution in [1.29, 1.82) is 0 Å². The normalized spacial score (nSPS) is 25.6. The molecular weight excluding hydrogens is 404 g/mol. The minimum absolute atomic E-state index is 0.130. The van der Waals surface area contributed by atoms with E-state index < -0.39 is 6.04 Å². The third-order valence-corrected chi connectivity index (χ3v) is 6.87. The predicted molar refractivity (Wildman–Crippen MR) is 120 cm³/mol. The minimum atomic E-state index is -0.575. The first kappa shape index (κ1) is 20.8. The number of piperidine rings is 2. The van der Waals surface area contributed by atoms with Gasteiger partial charge in [0.1, 0.15) is 6.04 Å². The van der Waals surface area contributed by atoms with Crippen molar-refractivity contribution < 1.29 is 14.4 Å². The zero-order valence-electron chi connectivity index (χ0n) is 18.0. The van der Waals surface area contributed by atoms with Crippen LogP contribution in [0.5, 0.6) is 0 Å². The molecule has 3 aliphatic heterocycles. The summed E-state index contributed by atoms with van der Waals surface area (Å²) in [7, 11) is 0. The Bertz CT molecular complexity index is 1040. The van der Waals surface area contributed by atoms with Crippen molar-refractivity contribution in [3.8, 4) is 0 Å². The Morgan fingerprint density at radius 1 is 1.03 bits per heavy atom. The first-order valence-electron chi connectivity index (χ1n) is 11.4.